The van der Waals surface area contributed by atoms with Crippen molar-refractivity contribution < 1.29 is 4.74 Å². The minimum Gasteiger partial charge on any atom is -0.489 e. The highest BCUT2D eigenvalue weighted by atomic mass is 32.1. The van der Waals surface area contributed by atoms with Crippen LogP contribution >= 0.6 is 11.3 Å². The number of allylic oxidation sites excluding steroid dienone is 1. The lowest BCUT2D eigenvalue weighted by molar-refractivity contribution is 0.306. The molecule has 5 heteroatoms. The quantitative estimate of drug-likeness (QED) is 0.637. The first-order valence-electron chi connectivity index (χ1n) is 7.81. The molecule has 25 heavy (non-hydrogen) atoms. The minimum absolute atomic E-state index is 0.516. The van der Waals surface area contributed by atoms with Crippen molar-refractivity contribution in [2.24, 2.45) is 0 Å². The number of nitrogens with one attached hydrogen (secondary N) is 1. The maximum Gasteiger partial charge on any atom is 0.135 e. The largest absolute Gasteiger partial charge is 0.489 e. The molecule has 0 atom stereocenters. The van der Waals surface area contributed by atoms with Gasteiger partial charge in [0.25, 0.3) is 0 Å². The summed E-state index contributed by atoms with van der Waals surface area (Å²) in [6.45, 7) is 2.45. The van der Waals surface area contributed by atoms with Gasteiger partial charge < -0.3 is 10.1 Å². The van der Waals surface area contributed by atoms with Crippen LogP contribution in [-0.4, -0.2) is 4.98 Å². The van der Waals surface area contributed by atoms with Crippen molar-refractivity contribution in [3.05, 3.63) is 82.4 Å². The summed E-state index contributed by atoms with van der Waals surface area (Å²) in [4.78, 5) is 4.33. The van der Waals surface area contributed by atoms with Crippen LogP contribution < -0.4 is 10.1 Å². The van der Waals surface area contributed by atoms with Gasteiger partial charge in [0.15, 0.2) is 0 Å². The van der Waals surface area contributed by atoms with E-state index >= 15 is 0 Å². The number of aromatic nitrogens is 1. The highest BCUT2D eigenvalue weighted by Crippen LogP contribution is 2.20. The third-order valence-electron chi connectivity index (χ3n) is 3.46. The zero-order valence-corrected chi connectivity index (χ0v) is 14.6. The Bertz CT molecular complexity index is 893. The molecule has 1 aromatic heterocycles. The Kier molecular flexibility index (Phi) is 5.45. The summed E-state index contributed by atoms with van der Waals surface area (Å²) in [5, 5.41) is 15.1. The van der Waals surface area contributed by atoms with E-state index in [0.717, 1.165) is 27.7 Å². The van der Waals surface area contributed by atoms with Gasteiger partial charge in [0.1, 0.15) is 29.0 Å². The zero-order chi connectivity index (χ0) is 17.5. The topological polar surface area (TPSA) is 57.9 Å². The molecule has 3 rings (SSSR count). The summed E-state index contributed by atoms with van der Waals surface area (Å²) < 4.78 is 5.76. The fourth-order valence-corrected chi connectivity index (χ4v) is 2.93. The van der Waals surface area contributed by atoms with Crippen LogP contribution in [0.2, 0.25) is 0 Å². The number of anilines is 1. The van der Waals surface area contributed by atoms with Gasteiger partial charge in [-0.1, -0.05) is 30.3 Å². The second-order valence-electron chi connectivity index (χ2n) is 5.41. The fraction of sp³-hybridized carbons (Fsp3) is 0.100. The Morgan fingerprint density at radius 1 is 1.20 bits per heavy atom. The second-order valence-corrected chi connectivity index (χ2v) is 6.26. The van der Waals surface area contributed by atoms with E-state index in [9.17, 15) is 5.26 Å². The van der Waals surface area contributed by atoms with Gasteiger partial charge in [-0.25, -0.2) is 4.98 Å². The predicted octanol–water partition coefficient (Wildman–Crippen LogP) is 5.01. The monoisotopic (exact) mass is 347 g/mol. The molecule has 0 radical (unpaired) electrons. The smallest absolute Gasteiger partial charge is 0.135 e. The van der Waals surface area contributed by atoms with E-state index in [-0.39, 0.29) is 0 Å². The van der Waals surface area contributed by atoms with Gasteiger partial charge in [-0.15, -0.1) is 11.3 Å². The van der Waals surface area contributed by atoms with Gasteiger partial charge in [0, 0.05) is 23.0 Å². The first-order chi connectivity index (χ1) is 12.2. The molecule has 0 spiro atoms. The van der Waals surface area contributed by atoms with Crippen molar-refractivity contribution >= 4 is 22.6 Å². The third-order valence-corrected chi connectivity index (χ3v) is 4.45. The van der Waals surface area contributed by atoms with E-state index in [2.05, 4.69) is 16.4 Å². The van der Waals surface area contributed by atoms with Crippen molar-refractivity contribution in [3.63, 3.8) is 0 Å². The molecule has 0 aliphatic carbocycles. The van der Waals surface area contributed by atoms with Crippen molar-refractivity contribution in [1.82, 2.24) is 4.98 Å². The number of ether oxygens (including phenoxy) is 1. The van der Waals surface area contributed by atoms with Crippen molar-refractivity contribution in [2.45, 2.75) is 13.5 Å². The number of hydrogen-bond donors (Lipinski definition) is 1. The number of benzene rings is 2. The molecular weight excluding hydrogens is 330 g/mol. The number of rotatable bonds is 6. The zero-order valence-electron chi connectivity index (χ0n) is 13.8. The first kappa shape index (κ1) is 16.7. The van der Waals surface area contributed by atoms with Crippen LogP contribution in [0.1, 0.15) is 16.3 Å². The van der Waals surface area contributed by atoms with E-state index in [1.54, 1.807) is 6.20 Å². The summed E-state index contributed by atoms with van der Waals surface area (Å²) in [6, 6.07) is 19.8. The number of nitrogens with zero attached hydrogens (tertiary/aromatic N) is 2. The Balaban J connectivity index is 1.60. The number of aryl methyl sites for hydroxylation is 1. The molecule has 0 saturated carbocycles. The molecule has 1 N–H and O–H groups in total. The molecular formula is C20H17N3OS. The Morgan fingerprint density at radius 2 is 1.96 bits per heavy atom. The fourth-order valence-electron chi connectivity index (χ4n) is 2.16. The van der Waals surface area contributed by atoms with E-state index in [1.165, 1.54) is 11.3 Å². The summed E-state index contributed by atoms with van der Waals surface area (Å²) in [7, 11) is 0. The van der Waals surface area contributed by atoms with E-state index in [0.29, 0.717) is 12.2 Å². The molecule has 0 aliphatic heterocycles. The van der Waals surface area contributed by atoms with Crippen molar-refractivity contribution in [1.29, 1.82) is 5.26 Å². The van der Waals surface area contributed by atoms with Gasteiger partial charge in [0.2, 0.25) is 0 Å². The van der Waals surface area contributed by atoms with Crippen LogP contribution in [0.4, 0.5) is 5.69 Å². The van der Waals surface area contributed by atoms with Gasteiger partial charge in [0.05, 0.1) is 0 Å². The molecule has 0 aliphatic rings. The van der Waals surface area contributed by atoms with Crippen LogP contribution in [0, 0.1) is 18.3 Å². The molecule has 0 bridgehead atoms. The van der Waals surface area contributed by atoms with Gasteiger partial charge in [-0.05, 0) is 36.8 Å². The van der Waals surface area contributed by atoms with Crippen LogP contribution in [0.5, 0.6) is 5.75 Å². The van der Waals surface area contributed by atoms with Crippen LogP contribution in [0.15, 0.2) is 66.2 Å². The van der Waals surface area contributed by atoms with Crippen molar-refractivity contribution in [2.75, 3.05) is 5.32 Å². The molecule has 124 valence electrons. The highest BCUT2D eigenvalue weighted by Gasteiger charge is 2.05. The summed E-state index contributed by atoms with van der Waals surface area (Å²) in [6.07, 6.45) is 1.68. The van der Waals surface area contributed by atoms with Gasteiger partial charge in [-0.3, -0.25) is 0 Å². The third kappa shape index (κ3) is 4.69. The summed E-state index contributed by atoms with van der Waals surface area (Å²) in [5.74, 6) is 0.800. The van der Waals surface area contributed by atoms with E-state index in [4.69, 9.17) is 4.74 Å². The summed E-state index contributed by atoms with van der Waals surface area (Å²) in [5.41, 5.74) is 3.45. The Morgan fingerprint density at radius 3 is 2.60 bits per heavy atom. The second kappa shape index (κ2) is 8.13. The molecule has 4 nitrogen and oxygen atoms in total. The first-order valence-corrected chi connectivity index (χ1v) is 8.68. The minimum atomic E-state index is 0.516. The molecule has 0 unspecified atom stereocenters. The molecule has 1 heterocycles. The lowest BCUT2D eigenvalue weighted by Gasteiger charge is -2.07. The predicted molar refractivity (Wildman–Crippen MR) is 101 cm³/mol. The standard InChI is InChI=1S/C20H17N3OS/c1-15-14-25-20(23-15)17(11-21)12-22-18-7-9-19(10-8-18)24-13-16-5-3-2-4-6-16/h2-10,12,14,22H,13H2,1H3/b17-12+. The van der Waals surface area contributed by atoms with Gasteiger partial charge in [-0.2, -0.15) is 5.26 Å². The van der Waals surface area contributed by atoms with Gasteiger partial charge >= 0.3 is 0 Å². The Hall–Kier alpha value is -3.10. The van der Waals surface area contributed by atoms with E-state index < -0.39 is 0 Å². The molecule has 0 saturated heterocycles. The summed E-state index contributed by atoms with van der Waals surface area (Å²) >= 11 is 1.46. The number of thiazole rings is 1. The average molecular weight is 347 g/mol. The number of nitriles is 1. The number of hydrogen-bond acceptors (Lipinski definition) is 5. The van der Waals surface area contributed by atoms with Crippen LogP contribution in [-0.2, 0) is 6.61 Å². The molecule has 3 aromatic rings. The van der Waals surface area contributed by atoms with Crippen LogP contribution in [0.25, 0.3) is 5.57 Å². The molecule has 2 aromatic carbocycles. The maximum atomic E-state index is 9.28. The van der Waals surface area contributed by atoms with Crippen molar-refractivity contribution in [3.8, 4) is 11.8 Å². The highest BCUT2D eigenvalue weighted by molar-refractivity contribution is 7.10. The van der Waals surface area contributed by atoms with Crippen LogP contribution in [0.3, 0.4) is 0 Å². The lowest BCUT2D eigenvalue weighted by atomic mass is 10.2. The Labute approximate surface area is 151 Å². The SMILES string of the molecule is Cc1csc(/C(C#N)=C/Nc2ccc(OCc3ccccc3)cc2)n1. The maximum absolute atomic E-state index is 9.28. The molecule has 0 amide bonds. The normalized spacial score (nSPS) is 11.0. The van der Waals surface area contributed by atoms with E-state index in [1.807, 2.05) is 66.9 Å². The average Bonchev–Trinajstić information content (AvgIpc) is 3.08. The lowest BCUT2D eigenvalue weighted by Crippen LogP contribution is -1.95. The molecule has 0 fully saturated rings.